The molecule has 1 atom stereocenters. The van der Waals surface area contributed by atoms with Gasteiger partial charge in [0, 0.05) is 6.04 Å². The quantitative estimate of drug-likeness (QED) is 0.716. The second-order valence-corrected chi connectivity index (χ2v) is 3.25. The van der Waals surface area contributed by atoms with Gasteiger partial charge in [0.25, 0.3) is 0 Å². The molecule has 1 nitrogen and oxygen atoms in total. The summed E-state index contributed by atoms with van der Waals surface area (Å²) in [4.78, 5) is 0. The first-order valence-corrected chi connectivity index (χ1v) is 4.10. The van der Waals surface area contributed by atoms with E-state index >= 15 is 0 Å². The summed E-state index contributed by atoms with van der Waals surface area (Å²) in [6, 6.07) is 4.95. The lowest BCUT2D eigenvalue weighted by Gasteiger charge is -2.07. The Morgan fingerprint density at radius 2 is 2.17 bits per heavy atom. The van der Waals surface area contributed by atoms with Gasteiger partial charge >= 0.3 is 0 Å². The second kappa shape index (κ2) is 3.68. The molecule has 0 bridgehead atoms. The first-order chi connectivity index (χ1) is 5.59. The molecular weight excluding hydrogens is 153 g/mol. The minimum absolute atomic E-state index is 0.133. The zero-order valence-electron chi connectivity index (χ0n) is 7.47. The van der Waals surface area contributed by atoms with Gasteiger partial charge in [-0.2, -0.15) is 0 Å². The van der Waals surface area contributed by atoms with E-state index in [0.29, 0.717) is 0 Å². The standard InChI is InChI=1S/C10H14FN/c1-7-5-10(11)4-3-9(7)6-8(2)12/h3-5,8H,6,12H2,1-2H3/t8-/m1/s1. The Morgan fingerprint density at radius 1 is 1.50 bits per heavy atom. The molecule has 0 aliphatic carbocycles. The van der Waals surface area contributed by atoms with E-state index < -0.39 is 0 Å². The lowest BCUT2D eigenvalue weighted by molar-refractivity contribution is 0.624. The molecule has 1 aromatic rings. The summed E-state index contributed by atoms with van der Waals surface area (Å²) in [5, 5.41) is 0. The van der Waals surface area contributed by atoms with Crippen molar-refractivity contribution in [2.75, 3.05) is 0 Å². The van der Waals surface area contributed by atoms with Gasteiger partial charge in [-0.25, -0.2) is 4.39 Å². The lowest BCUT2D eigenvalue weighted by atomic mass is 10.0. The molecule has 0 aliphatic heterocycles. The lowest BCUT2D eigenvalue weighted by Crippen LogP contribution is -2.18. The first-order valence-electron chi connectivity index (χ1n) is 4.10. The van der Waals surface area contributed by atoms with Crippen LogP contribution in [0.5, 0.6) is 0 Å². The summed E-state index contributed by atoms with van der Waals surface area (Å²) in [6.07, 6.45) is 0.812. The van der Waals surface area contributed by atoms with Crippen LogP contribution in [0, 0.1) is 12.7 Å². The zero-order valence-corrected chi connectivity index (χ0v) is 7.47. The SMILES string of the molecule is Cc1cc(F)ccc1C[C@@H](C)N. The molecule has 0 radical (unpaired) electrons. The van der Waals surface area contributed by atoms with Gasteiger partial charge in [-0.15, -0.1) is 0 Å². The van der Waals surface area contributed by atoms with Crippen molar-refractivity contribution in [3.63, 3.8) is 0 Å². The van der Waals surface area contributed by atoms with Crippen LogP contribution in [-0.4, -0.2) is 6.04 Å². The average Bonchev–Trinajstić information content (AvgIpc) is 1.94. The Hall–Kier alpha value is -0.890. The third-order valence-electron chi connectivity index (χ3n) is 1.85. The molecule has 0 saturated carbocycles. The number of rotatable bonds is 2. The molecule has 2 N–H and O–H groups in total. The summed E-state index contributed by atoms with van der Waals surface area (Å²) in [5.41, 5.74) is 7.75. The van der Waals surface area contributed by atoms with E-state index in [2.05, 4.69) is 0 Å². The van der Waals surface area contributed by atoms with Crippen LogP contribution in [0.25, 0.3) is 0 Å². The van der Waals surface area contributed by atoms with Crippen LogP contribution in [0.1, 0.15) is 18.1 Å². The van der Waals surface area contributed by atoms with Crippen molar-refractivity contribution in [2.45, 2.75) is 26.3 Å². The summed E-state index contributed by atoms with van der Waals surface area (Å²) in [5.74, 6) is -0.180. The van der Waals surface area contributed by atoms with Crippen LogP contribution in [0.15, 0.2) is 18.2 Å². The van der Waals surface area contributed by atoms with E-state index in [4.69, 9.17) is 5.73 Å². The summed E-state index contributed by atoms with van der Waals surface area (Å²) >= 11 is 0. The molecule has 0 spiro atoms. The highest BCUT2D eigenvalue weighted by Crippen LogP contribution is 2.11. The predicted molar refractivity (Wildman–Crippen MR) is 48.5 cm³/mol. The number of aryl methyl sites for hydroxylation is 1. The third kappa shape index (κ3) is 2.31. The van der Waals surface area contributed by atoms with Crippen LogP contribution >= 0.6 is 0 Å². The zero-order chi connectivity index (χ0) is 9.14. The second-order valence-electron chi connectivity index (χ2n) is 3.25. The molecule has 12 heavy (non-hydrogen) atoms. The van der Waals surface area contributed by atoms with Crippen LogP contribution < -0.4 is 5.73 Å². The van der Waals surface area contributed by atoms with Gasteiger partial charge in [-0.3, -0.25) is 0 Å². The Labute approximate surface area is 72.4 Å². The van der Waals surface area contributed by atoms with E-state index in [0.717, 1.165) is 17.5 Å². The van der Waals surface area contributed by atoms with Crippen molar-refractivity contribution in [3.05, 3.63) is 35.1 Å². The minimum Gasteiger partial charge on any atom is -0.328 e. The summed E-state index contributed by atoms with van der Waals surface area (Å²) in [6.45, 7) is 3.85. The molecule has 0 fully saturated rings. The first kappa shape index (κ1) is 9.20. The third-order valence-corrected chi connectivity index (χ3v) is 1.85. The minimum atomic E-state index is -0.180. The fraction of sp³-hybridized carbons (Fsp3) is 0.400. The Balaban J connectivity index is 2.86. The number of hydrogen-bond donors (Lipinski definition) is 1. The number of nitrogens with two attached hydrogens (primary N) is 1. The molecule has 66 valence electrons. The van der Waals surface area contributed by atoms with Gasteiger partial charge in [-0.05, 0) is 43.5 Å². The predicted octanol–water partition coefficient (Wildman–Crippen LogP) is 2.02. The van der Waals surface area contributed by atoms with Crippen molar-refractivity contribution in [1.29, 1.82) is 0 Å². The van der Waals surface area contributed by atoms with Crippen LogP contribution in [0.4, 0.5) is 4.39 Å². The fourth-order valence-electron chi connectivity index (χ4n) is 1.24. The molecular formula is C10H14FN. The van der Waals surface area contributed by atoms with E-state index in [9.17, 15) is 4.39 Å². The molecule has 2 heteroatoms. The van der Waals surface area contributed by atoms with E-state index in [-0.39, 0.29) is 11.9 Å². The molecule has 1 aromatic carbocycles. The van der Waals surface area contributed by atoms with Crippen LogP contribution in [0.3, 0.4) is 0 Å². The van der Waals surface area contributed by atoms with E-state index in [1.54, 1.807) is 6.07 Å². The molecule has 0 aliphatic rings. The smallest absolute Gasteiger partial charge is 0.123 e. The van der Waals surface area contributed by atoms with E-state index in [1.807, 2.05) is 13.8 Å². The summed E-state index contributed by atoms with van der Waals surface area (Å²) < 4.78 is 12.7. The van der Waals surface area contributed by atoms with Crippen LogP contribution in [-0.2, 0) is 6.42 Å². The highest BCUT2D eigenvalue weighted by Gasteiger charge is 2.01. The van der Waals surface area contributed by atoms with Gasteiger partial charge in [0.1, 0.15) is 5.82 Å². The molecule has 0 heterocycles. The number of hydrogen-bond acceptors (Lipinski definition) is 1. The highest BCUT2D eigenvalue weighted by molar-refractivity contribution is 5.27. The average molecular weight is 167 g/mol. The fourth-order valence-corrected chi connectivity index (χ4v) is 1.24. The van der Waals surface area contributed by atoms with Gasteiger partial charge in [-0.1, -0.05) is 6.07 Å². The monoisotopic (exact) mass is 167 g/mol. The van der Waals surface area contributed by atoms with Crippen molar-refractivity contribution in [2.24, 2.45) is 5.73 Å². The maximum atomic E-state index is 12.7. The molecule has 1 rings (SSSR count). The molecule has 0 unspecified atom stereocenters. The van der Waals surface area contributed by atoms with Crippen molar-refractivity contribution in [1.82, 2.24) is 0 Å². The number of benzene rings is 1. The number of halogens is 1. The van der Waals surface area contributed by atoms with Gasteiger partial charge in [0.15, 0.2) is 0 Å². The Morgan fingerprint density at radius 3 is 2.67 bits per heavy atom. The topological polar surface area (TPSA) is 26.0 Å². The normalized spacial score (nSPS) is 13.0. The summed E-state index contributed by atoms with van der Waals surface area (Å²) in [7, 11) is 0. The van der Waals surface area contributed by atoms with E-state index in [1.165, 1.54) is 12.1 Å². The van der Waals surface area contributed by atoms with Gasteiger partial charge in [0.2, 0.25) is 0 Å². The molecule has 0 amide bonds. The largest absolute Gasteiger partial charge is 0.328 e. The molecule has 0 saturated heterocycles. The Kier molecular flexibility index (Phi) is 2.82. The van der Waals surface area contributed by atoms with Crippen molar-refractivity contribution >= 4 is 0 Å². The van der Waals surface area contributed by atoms with Crippen molar-refractivity contribution < 1.29 is 4.39 Å². The van der Waals surface area contributed by atoms with Gasteiger partial charge in [0.05, 0.1) is 0 Å². The van der Waals surface area contributed by atoms with Gasteiger partial charge < -0.3 is 5.73 Å². The van der Waals surface area contributed by atoms with Crippen molar-refractivity contribution in [3.8, 4) is 0 Å². The maximum absolute atomic E-state index is 12.7. The maximum Gasteiger partial charge on any atom is 0.123 e. The van der Waals surface area contributed by atoms with Crippen LogP contribution in [0.2, 0.25) is 0 Å². The molecule has 0 aromatic heterocycles. The highest BCUT2D eigenvalue weighted by atomic mass is 19.1. The Bertz CT molecular complexity index is 269.